The number of ether oxygens (including phenoxy) is 2. The predicted octanol–water partition coefficient (Wildman–Crippen LogP) is 3.73. The van der Waals surface area contributed by atoms with Crippen LogP contribution in [0.1, 0.15) is 6.92 Å². The molecule has 0 unspecified atom stereocenters. The van der Waals surface area contributed by atoms with Crippen LogP contribution in [-0.4, -0.2) is 22.8 Å². The maximum Gasteiger partial charge on any atom is 0.387 e. The van der Waals surface area contributed by atoms with Crippen molar-refractivity contribution in [1.82, 2.24) is 9.55 Å². The molecule has 0 atom stereocenters. The fraction of sp³-hybridized carbons (Fsp3) is 0.176. The van der Waals surface area contributed by atoms with E-state index in [9.17, 15) is 13.6 Å². The molecular formula is C17H14BrF2N3O3. The van der Waals surface area contributed by atoms with Gasteiger partial charge in [-0.3, -0.25) is 9.36 Å². The van der Waals surface area contributed by atoms with E-state index in [1.807, 2.05) is 6.92 Å². The first-order chi connectivity index (χ1) is 12.4. The van der Waals surface area contributed by atoms with Gasteiger partial charge in [-0.05, 0) is 47.1 Å². The van der Waals surface area contributed by atoms with Gasteiger partial charge >= 0.3 is 6.61 Å². The zero-order valence-corrected chi connectivity index (χ0v) is 15.2. The summed E-state index contributed by atoms with van der Waals surface area (Å²) >= 11 is 3.19. The highest BCUT2D eigenvalue weighted by Crippen LogP contribution is 2.29. The van der Waals surface area contributed by atoms with Crippen LogP contribution in [0.15, 0.2) is 45.8 Å². The molecule has 0 spiro atoms. The number of hydrogen-bond acceptors (Lipinski definition) is 5. The molecule has 0 saturated carbocycles. The number of pyridine rings is 2. The third-order valence-electron chi connectivity index (χ3n) is 3.60. The van der Waals surface area contributed by atoms with Gasteiger partial charge in [0.15, 0.2) is 0 Å². The zero-order valence-electron chi connectivity index (χ0n) is 13.6. The van der Waals surface area contributed by atoms with E-state index in [0.29, 0.717) is 29.1 Å². The van der Waals surface area contributed by atoms with Gasteiger partial charge in [0.25, 0.3) is 5.56 Å². The summed E-state index contributed by atoms with van der Waals surface area (Å²) in [4.78, 5) is 17.0. The molecule has 0 aliphatic carbocycles. The van der Waals surface area contributed by atoms with Gasteiger partial charge in [-0.1, -0.05) is 0 Å². The molecule has 136 valence electrons. The number of alkyl halides is 2. The molecule has 6 nitrogen and oxygen atoms in total. The Kier molecular flexibility index (Phi) is 5.08. The van der Waals surface area contributed by atoms with Crippen molar-refractivity contribution in [2.75, 3.05) is 12.3 Å². The summed E-state index contributed by atoms with van der Waals surface area (Å²) in [5.41, 5.74) is 7.09. The van der Waals surface area contributed by atoms with Crippen molar-refractivity contribution in [3.63, 3.8) is 0 Å². The molecule has 3 aromatic rings. The minimum atomic E-state index is -2.92. The Morgan fingerprint density at radius 3 is 2.58 bits per heavy atom. The molecule has 2 heterocycles. The highest BCUT2D eigenvalue weighted by atomic mass is 79.9. The number of rotatable bonds is 5. The topological polar surface area (TPSA) is 79.4 Å². The molecule has 0 bridgehead atoms. The summed E-state index contributed by atoms with van der Waals surface area (Å²) in [6.45, 7) is -0.661. The quantitative estimate of drug-likeness (QED) is 0.673. The van der Waals surface area contributed by atoms with Crippen molar-refractivity contribution < 1.29 is 18.3 Å². The standard InChI is InChI=1S/C17H14BrF2N3O3/c1-2-25-11-7-12-15(22-8-11)14(21)13(18)16(24)23(12)9-3-5-10(6-4-9)26-17(19)20/h3-8,17H,2,21H2,1H3. The second-order valence-electron chi connectivity index (χ2n) is 5.21. The fourth-order valence-electron chi connectivity index (χ4n) is 2.52. The molecule has 0 aliphatic rings. The largest absolute Gasteiger partial charge is 0.492 e. The van der Waals surface area contributed by atoms with Crippen LogP contribution < -0.4 is 20.8 Å². The summed E-state index contributed by atoms with van der Waals surface area (Å²) in [7, 11) is 0. The van der Waals surface area contributed by atoms with Crippen LogP contribution in [0.3, 0.4) is 0 Å². The smallest absolute Gasteiger partial charge is 0.387 e. The first kappa shape index (κ1) is 18.1. The Morgan fingerprint density at radius 1 is 1.27 bits per heavy atom. The molecule has 26 heavy (non-hydrogen) atoms. The molecule has 0 aliphatic heterocycles. The first-order valence-corrected chi connectivity index (χ1v) is 8.39. The number of halogens is 3. The number of nitrogens with two attached hydrogens (primary N) is 1. The van der Waals surface area contributed by atoms with Crippen molar-refractivity contribution in [3.8, 4) is 17.2 Å². The molecule has 0 saturated heterocycles. The molecule has 3 rings (SSSR count). The van der Waals surface area contributed by atoms with E-state index < -0.39 is 12.2 Å². The number of benzene rings is 1. The van der Waals surface area contributed by atoms with Crippen molar-refractivity contribution >= 4 is 32.7 Å². The number of aromatic nitrogens is 2. The van der Waals surface area contributed by atoms with E-state index in [4.69, 9.17) is 10.5 Å². The number of nitrogens with zero attached hydrogens (tertiary/aromatic N) is 2. The van der Waals surface area contributed by atoms with Crippen molar-refractivity contribution in [1.29, 1.82) is 0 Å². The van der Waals surface area contributed by atoms with Gasteiger partial charge in [0.1, 0.15) is 21.5 Å². The summed E-state index contributed by atoms with van der Waals surface area (Å²) in [6.07, 6.45) is 1.52. The van der Waals surface area contributed by atoms with Crippen molar-refractivity contribution in [3.05, 3.63) is 51.4 Å². The average molecular weight is 426 g/mol. The molecule has 2 N–H and O–H groups in total. The molecular weight excluding hydrogens is 412 g/mol. The van der Waals surface area contributed by atoms with Crippen LogP contribution in [0.5, 0.6) is 11.5 Å². The van der Waals surface area contributed by atoms with Crippen molar-refractivity contribution in [2.45, 2.75) is 13.5 Å². The number of hydrogen-bond donors (Lipinski definition) is 1. The van der Waals surface area contributed by atoms with Crippen molar-refractivity contribution in [2.24, 2.45) is 0 Å². The van der Waals surface area contributed by atoms with Crippen LogP contribution >= 0.6 is 15.9 Å². The SMILES string of the molecule is CCOc1cnc2c(N)c(Br)c(=O)n(-c3ccc(OC(F)F)cc3)c2c1. The van der Waals surface area contributed by atoms with Crippen LogP contribution in [0.25, 0.3) is 16.7 Å². The van der Waals surface area contributed by atoms with E-state index >= 15 is 0 Å². The molecule has 0 amide bonds. The van der Waals surface area contributed by atoms with Gasteiger partial charge < -0.3 is 15.2 Å². The van der Waals surface area contributed by atoms with E-state index in [0.717, 1.165) is 0 Å². The highest BCUT2D eigenvalue weighted by molar-refractivity contribution is 9.10. The molecule has 2 aromatic heterocycles. The van der Waals surface area contributed by atoms with Gasteiger partial charge in [-0.15, -0.1) is 0 Å². The second-order valence-corrected chi connectivity index (χ2v) is 6.01. The minimum absolute atomic E-state index is 0.0104. The number of nitrogen functional groups attached to an aromatic ring is 1. The molecule has 0 radical (unpaired) electrons. The lowest BCUT2D eigenvalue weighted by atomic mass is 10.2. The zero-order chi connectivity index (χ0) is 18.8. The Labute approximate surface area is 155 Å². The second kappa shape index (κ2) is 7.28. The summed E-state index contributed by atoms with van der Waals surface area (Å²) in [5, 5.41) is 0. The number of fused-ring (bicyclic) bond motifs is 1. The summed E-state index contributed by atoms with van der Waals surface area (Å²) in [5.74, 6) is 0.469. The average Bonchev–Trinajstić information content (AvgIpc) is 2.61. The van der Waals surface area contributed by atoms with Gasteiger partial charge in [-0.2, -0.15) is 8.78 Å². The maximum absolute atomic E-state index is 12.8. The minimum Gasteiger partial charge on any atom is -0.492 e. The Bertz CT molecular complexity index is 1010. The number of anilines is 1. The third-order valence-corrected chi connectivity index (χ3v) is 4.36. The Hall–Kier alpha value is -2.68. The lowest BCUT2D eigenvalue weighted by molar-refractivity contribution is -0.0498. The normalized spacial score (nSPS) is 11.1. The van der Waals surface area contributed by atoms with Gasteiger partial charge in [0, 0.05) is 11.8 Å². The fourth-order valence-corrected chi connectivity index (χ4v) is 2.88. The van der Waals surface area contributed by atoms with Gasteiger partial charge in [-0.25, -0.2) is 4.98 Å². The van der Waals surface area contributed by atoms with Crippen LogP contribution in [0.2, 0.25) is 0 Å². The maximum atomic E-state index is 12.8. The first-order valence-electron chi connectivity index (χ1n) is 7.60. The molecule has 0 fully saturated rings. The lowest BCUT2D eigenvalue weighted by Gasteiger charge is -2.14. The predicted molar refractivity (Wildman–Crippen MR) is 97.3 cm³/mol. The van der Waals surface area contributed by atoms with Crippen LogP contribution in [0.4, 0.5) is 14.5 Å². The van der Waals surface area contributed by atoms with E-state index in [1.165, 1.54) is 35.0 Å². The lowest BCUT2D eigenvalue weighted by Crippen LogP contribution is -2.21. The van der Waals surface area contributed by atoms with Crippen LogP contribution in [0, 0.1) is 0 Å². The Balaban J connectivity index is 2.23. The highest BCUT2D eigenvalue weighted by Gasteiger charge is 2.16. The third kappa shape index (κ3) is 3.34. The summed E-state index contributed by atoms with van der Waals surface area (Å²) < 4.78 is 35.9. The Morgan fingerprint density at radius 2 is 1.96 bits per heavy atom. The summed E-state index contributed by atoms with van der Waals surface area (Å²) in [6, 6.07) is 7.34. The van der Waals surface area contributed by atoms with E-state index in [-0.39, 0.29) is 15.9 Å². The van der Waals surface area contributed by atoms with E-state index in [1.54, 1.807) is 6.07 Å². The molecule has 9 heteroatoms. The van der Waals surface area contributed by atoms with Gasteiger partial charge in [0.2, 0.25) is 0 Å². The monoisotopic (exact) mass is 425 g/mol. The van der Waals surface area contributed by atoms with Crippen LogP contribution in [-0.2, 0) is 0 Å². The molecule has 1 aromatic carbocycles. The van der Waals surface area contributed by atoms with Gasteiger partial charge in [0.05, 0.1) is 24.0 Å². The van der Waals surface area contributed by atoms with E-state index in [2.05, 4.69) is 25.7 Å².